The van der Waals surface area contributed by atoms with E-state index < -0.39 is 89.7 Å². The number of aliphatic hydroxyl groups is 4. The lowest BCUT2D eigenvalue weighted by Gasteiger charge is -2.39. The summed E-state index contributed by atoms with van der Waals surface area (Å²) in [6.07, 6.45) is -9.10. The highest BCUT2D eigenvalue weighted by atomic mass is 16.7. The van der Waals surface area contributed by atoms with Crippen molar-refractivity contribution in [3.63, 3.8) is 0 Å². The molecule has 20 nitrogen and oxygen atoms in total. The van der Waals surface area contributed by atoms with Gasteiger partial charge in [-0.3, -0.25) is 4.79 Å². The monoisotopic (exact) mass is 950 g/mol. The zero-order valence-electron chi connectivity index (χ0n) is 36.2. The molecule has 20 heteroatoms. The Kier molecular flexibility index (Phi) is 12.1. The second-order valence-electron chi connectivity index (χ2n) is 16.1. The molecule has 1 saturated heterocycles. The Balaban J connectivity index is 1.25. The Morgan fingerprint density at radius 1 is 0.768 bits per heavy atom. The van der Waals surface area contributed by atoms with Crippen molar-refractivity contribution in [1.29, 1.82) is 0 Å². The number of aliphatic hydroxyl groups excluding tert-OH is 4. The molecular formula is C49H42O20. The zero-order valence-corrected chi connectivity index (χ0v) is 36.2. The third-order valence-electron chi connectivity index (χ3n) is 11.8. The molecule has 10 N–H and O–H groups in total. The van der Waals surface area contributed by atoms with Crippen LogP contribution >= 0.6 is 0 Å². The molecule has 0 amide bonds. The van der Waals surface area contributed by atoms with Crippen LogP contribution in [-0.2, 0) is 20.7 Å². The molecule has 69 heavy (non-hydrogen) atoms. The van der Waals surface area contributed by atoms with Crippen molar-refractivity contribution in [3.8, 4) is 80.1 Å². The van der Waals surface area contributed by atoms with Gasteiger partial charge in [0, 0.05) is 52.8 Å². The predicted octanol–water partition coefficient (Wildman–Crippen LogP) is 4.60. The second kappa shape index (κ2) is 18.2. The van der Waals surface area contributed by atoms with E-state index in [1.54, 1.807) is 12.1 Å². The molecule has 5 aromatic carbocycles. The van der Waals surface area contributed by atoms with Gasteiger partial charge in [-0.15, -0.1) is 0 Å². The van der Waals surface area contributed by atoms with Gasteiger partial charge in [0.2, 0.25) is 12.0 Å². The quantitative estimate of drug-likeness (QED) is 0.0481. The van der Waals surface area contributed by atoms with E-state index in [1.807, 2.05) is 0 Å². The number of esters is 1. The highest BCUT2D eigenvalue weighted by molar-refractivity contribution is 6.10. The zero-order chi connectivity index (χ0) is 49.0. The first-order valence-corrected chi connectivity index (χ1v) is 21.0. The first kappa shape index (κ1) is 46.0. The molecule has 7 aromatic rings. The maximum Gasteiger partial charge on any atom is 0.331 e. The van der Waals surface area contributed by atoms with Crippen molar-refractivity contribution in [2.45, 2.75) is 49.3 Å². The van der Waals surface area contributed by atoms with E-state index in [9.17, 15) is 60.7 Å². The van der Waals surface area contributed by atoms with E-state index in [4.69, 9.17) is 37.3 Å². The minimum absolute atomic E-state index is 0.00482. The van der Waals surface area contributed by atoms with Gasteiger partial charge in [0.1, 0.15) is 76.0 Å². The molecule has 7 atom stereocenters. The smallest absolute Gasteiger partial charge is 0.331 e. The lowest BCUT2D eigenvalue weighted by molar-refractivity contribution is -0.277. The molecule has 358 valence electrons. The number of carbonyl (C=O) groups is 1. The van der Waals surface area contributed by atoms with Crippen molar-refractivity contribution in [2.24, 2.45) is 0 Å². The van der Waals surface area contributed by atoms with Crippen LogP contribution in [0.25, 0.3) is 50.7 Å². The summed E-state index contributed by atoms with van der Waals surface area (Å²) in [7, 11) is 2.55. The Morgan fingerprint density at radius 2 is 1.46 bits per heavy atom. The first-order chi connectivity index (χ1) is 33.1. The Morgan fingerprint density at radius 3 is 2.13 bits per heavy atom. The van der Waals surface area contributed by atoms with Gasteiger partial charge in [-0.25, -0.2) is 4.79 Å². The molecule has 0 aliphatic carbocycles. The van der Waals surface area contributed by atoms with Crippen LogP contribution in [0.3, 0.4) is 0 Å². The summed E-state index contributed by atoms with van der Waals surface area (Å²) in [4.78, 5) is 26.7. The lowest BCUT2D eigenvalue weighted by atomic mass is 9.91. The fraction of sp³-hybridized carbons (Fsp3) is 0.224. The van der Waals surface area contributed by atoms with Gasteiger partial charge in [0.15, 0.2) is 46.0 Å². The number of fused-ring (bicyclic) bond motifs is 1. The number of hydrogen-bond acceptors (Lipinski definition) is 20. The topological polar surface area (TPSA) is 318 Å². The van der Waals surface area contributed by atoms with Crippen molar-refractivity contribution >= 4 is 34.0 Å². The average Bonchev–Trinajstić information content (AvgIpc) is 3.32. The number of ether oxygens (including phenoxy) is 6. The van der Waals surface area contributed by atoms with E-state index in [0.717, 1.165) is 24.3 Å². The van der Waals surface area contributed by atoms with E-state index in [0.29, 0.717) is 5.56 Å². The summed E-state index contributed by atoms with van der Waals surface area (Å²) in [5.74, 6) is -4.54. The molecule has 2 aromatic heterocycles. The molecule has 1 fully saturated rings. The van der Waals surface area contributed by atoms with Crippen LogP contribution in [0.1, 0.15) is 22.8 Å². The number of phenolic OH excluding ortho intramolecular Hbond substituents is 6. The third-order valence-corrected chi connectivity index (χ3v) is 11.8. The van der Waals surface area contributed by atoms with Gasteiger partial charge in [-0.05, 0) is 54.1 Å². The summed E-state index contributed by atoms with van der Waals surface area (Å²) in [5, 5.41) is 107. The van der Waals surface area contributed by atoms with Gasteiger partial charge in [0.05, 0.1) is 26.2 Å². The van der Waals surface area contributed by atoms with Gasteiger partial charge < -0.3 is 88.3 Å². The maximum atomic E-state index is 13.4. The van der Waals surface area contributed by atoms with Crippen LogP contribution in [0, 0.1) is 0 Å². The Labute approximate surface area is 388 Å². The fourth-order valence-electron chi connectivity index (χ4n) is 8.33. The normalized spacial score (nSPS) is 21.2. The van der Waals surface area contributed by atoms with Crippen LogP contribution in [-0.4, -0.2) is 115 Å². The van der Waals surface area contributed by atoms with Crippen molar-refractivity contribution in [3.05, 3.63) is 112 Å². The summed E-state index contributed by atoms with van der Waals surface area (Å²) in [5.41, 5.74) is -0.269. The van der Waals surface area contributed by atoms with Crippen LogP contribution in [0.2, 0.25) is 0 Å². The molecule has 0 saturated carbocycles. The molecule has 0 unspecified atom stereocenters. The van der Waals surface area contributed by atoms with Crippen LogP contribution in [0.5, 0.6) is 57.5 Å². The van der Waals surface area contributed by atoms with Crippen LogP contribution in [0.4, 0.5) is 0 Å². The minimum atomic E-state index is -1.95. The highest BCUT2D eigenvalue weighted by Gasteiger charge is 2.46. The van der Waals surface area contributed by atoms with Gasteiger partial charge >= 0.3 is 5.97 Å². The van der Waals surface area contributed by atoms with E-state index in [2.05, 4.69) is 0 Å². The van der Waals surface area contributed by atoms with Crippen molar-refractivity contribution < 1.29 is 93.1 Å². The molecular weight excluding hydrogens is 909 g/mol. The van der Waals surface area contributed by atoms with Crippen LogP contribution < -0.4 is 24.4 Å². The van der Waals surface area contributed by atoms with Gasteiger partial charge in [-0.2, -0.15) is 0 Å². The molecule has 0 bridgehead atoms. The molecule has 2 aliphatic heterocycles. The van der Waals surface area contributed by atoms with E-state index in [1.165, 1.54) is 68.8 Å². The molecule has 0 radical (unpaired) electrons. The van der Waals surface area contributed by atoms with Crippen molar-refractivity contribution in [2.75, 3.05) is 20.8 Å². The summed E-state index contributed by atoms with van der Waals surface area (Å²) in [6, 6.07) is 17.0. The van der Waals surface area contributed by atoms with E-state index >= 15 is 0 Å². The Hall–Kier alpha value is -8.14. The first-order valence-electron chi connectivity index (χ1n) is 21.0. The van der Waals surface area contributed by atoms with Gasteiger partial charge in [-0.1, -0.05) is 18.2 Å². The Bertz CT molecular complexity index is 3180. The standard InChI is InChI=1S/C49H42O20/c1-62-34-12-22(13-35(63-2)41(34)58)46-48(69-49-44(61)43(60)42(59)37(19-50)67-49)26-17-33(64-31-14-24(52)15-32(66-46)39(26)31)40-30(56)18-28(54)25-16-36(65-38(57)10-5-20-3-7-23(51)8-4-20)45(68-47(25)40)21-6-9-27(53)29(55)11-21/h3-15,17-18,36-37,42-45,49-51,53-56,58-61H,16,19H2,1-2H3/t36-,37+,42+,43-,44+,45+,49-/m0/s1. The molecule has 4 heterocycles. The van der Waals surface area contributed by atoms with Gasteiger partial charge in [0.25, 0.3) is 0 Å². The number of aromatic hydroxyl groups is 6. The SMILES string of the molecule is COc1cc(-c2oc3cc(=O)cc4oc(-c5c(O)cc(O)c6c5O[C@H](c5ccc(O)c(O)c5)[C@@H](OC(=O)C=Cc5ccc(O)cc5)C6)cc(c2O[C@@H]2O[C@H](CO)[C@@H](O)[C@H](O)[C@H]2O)c43)cc(OC)c1O. The number of rotatable bonds is 11. The number of phenols is 6. The maximum absolute atomic E-state index is 13.4. The average molecular weight is 951 g/mol. The lowest BCUT2D eigenvalue weighted by Crippen LogP contribution is -2.60. The molecule has 2 aliphatic rings. The number of hydrogen-bond donors (Lipinski definition) is 10. The number of methoxy groups -OCH3 is 2. The second-order valence-corrected chi connectivity index (χ2v) is 16.1. The fourth-order valence-corrected chi connectivity index (χ4v) is 8.33. The summed E-state index contributed by atoms with van der Waals surface area (Å²) in [6.45, 7) is -0.806. The summed E-state index contributed by atoms with van der Waals surface area (Å²) >= 11 is 0. The molecule has 9 rings (SSSR count). The minimum Gasteiger partial charge on any atom is -0.508 e. The van der Waals surface area contributed by atoms with Crippen molar-refractivity contribution in [1.82, 2.24) is 0 Å². The number of benzene rings is 5. The molecule has 0 spiro atoms. The summed E-state index contributed by atoms with van der Waals surface area (Å²) < 4.78 is 48.0. The number of carbonyl (C=O) groups excluding carboxylic acids is 1. The predicted molar refractivity (Wildman–Crippen MR) is 239 cm³/mol. The third kappa shape index (κ3) is 8.47. The highest BCUT2D eigenvalue weighted by Crippen LogP contribution is 2.53. The largest absolute Gasteiger partial charge is 0.508 e. The van der Waals surface area contributed by atoms with E-state index in [-0.39, 0.29) is 90.9 Å². The van der Waals surface area contributed by atoms with Crippen LogP contribution in [0.15, 0.2) is 98.6 Å².